The summed E-state index contributed by atoms with van der Waals surface area (Å²) in [5.74, 6) is -1.06. The van der Waals surface area contributed by atoms with Gasteiger partial charge in [0.25, 0.3) is 11.8 Å². The minimum absolute atomic E-state index is 0.238. The van der Waals surface area contributed by atoms with Crippen molar-refractivity contribution in [3.63, 3.8) is 0 Å². The van der Waals surface area contributed by atoms with E-state index in [1.807, 2.05) is 38.1 Å². The summed E-state index contributed by atoms with van der Waals surface area (Å²) in [4.78, 5) is 36.7. The van der Waals surface area contributed by atoms with Gasteiger partial charge in [0.15, 0.2) is 0 Å². The van der Waals surface area contributed by atoms with E-state index in [2.05, 4.69) is 31.8 Å². The van der Waals surface area contributed by atoms with Gasteiger partial charge in [-0.3, -0.25) is 9.59 Å². The Balaban J connectivity index is 1.60. The zero-order valence-corrected chi connectivity index (χ0v) is 19.7. The SMILES string of the molecule is Cc1ccc(C(=O)NCC(=O)N/N=C\c2cc(Br)ccc2OC(=O)c2ccccc2C)cc1. The van der Waals surface area contributed by atoms with Crippen LogP contribution in [0.4, 0.5) is 0 Å². The van der Waals surface area contributed by atoms with Gasteiger partial charge in [-0.1, -0.05) is 51.8 Å². The maximum atomic E-state index is 12.6. The van der Waals surface area contributed by atoms with Crippen molar-refractivity contribution in [2.45, 2.75) is 13.8 Å². The molecule has 3 rings (SSSR count). The van der Waals surface area contributed by atoms with Crippen molar-refractivity contribution >= 4 is 39.9 Å². The fraction of sp³-hybridized carbons (Fsp3) is 0.120. The highest BCUT2D eigenvalue weighted by molar-refractivity contribution is 9.10. The van der Waals surface area contributed by atoms with Crippen LogP contribution in [0.2, 0.25) is 0 Å². The summed E-state index contributed by atoms with van der Waals surface area (Å²) in [6, 6.07) is 19.2. The van der Waals surface area contributed by atoms with Crippen LogP contribution in [-0.2, 0) is 4.79 Å². The van der Waals surface area contributed by atoms with Crippen LogP contribution in [0.15, 0.2) is 76.3 Å². The third-order valence-electron chi connectivity index (χ3n) is 4.66. The van der Waals surface area contributed by atoms with Crippen LogP contribution in [0, 0.1) is 13.8 Å². The fourth-order valence-corrected chi connectivity index (χ4v) is 3.23. The van der Waals surface area contributed by atoms with Crippen molar-refractivity contribution in [1.82, 2.24) is 10.7 Å². The van der Waals surface area contributed by atoms with Crippen LogP contribution in [0.3, 0.4) is 0 Å². The summed E-state index contributed by atoms with van der Waals surface area (Å²) in [5.41, 5.74) is 5.59. The molecule has 0 heterocycles. The van der Waals surface area contributed by atoms with Crippen molar-refractivity contribution in [2.24, 2.45) is 5.10 Å². The zero-order valence-electron chi connectivity index (χ0n) is 18.1. The quantitative estimate of drug-likeness (QED) is 0.217. The summed E-state index contributed by atoms with van der Waals surface area (Å²) in [7, 11) is 0. The molecule has 0 bridgehead atoms. The second kappa shape index (κ2) is 11.2. The van der Waals surface area contributed by atoms with Gasteiger partial charge in [0.2, 0.25) is 0 Å². The molecule has 0 aliphatic rings. The molecular weight excluding hydrogens is 486 g/mol. The predicted molar refractivity (Wildman–Crippen MR) is 130 cm³/mol. The Hall–Kier alpha value is -3.78. The fourth-order valence-electron chi connectivity index (χ4n) is 2.85. The molecule has 8 heteroatoms. The van der Waals surface area contributed by atoms with Crippen LogP contribution in [0.5, 0.6) is 5.75 Å². The first-order valence-electron chi connectivity index (χ1n) is 10.1. The molecule has 0 atom stereocenters. The molecule has 7 nitrogen and oxygen atoms in total. The van der Waals surface area contributed by atoms with Gasteiger partial charge in [0.1, 0.15) is 5.75 Å². The Morgan fingerprint density at radius 2 is 1.73 bits per heavy atom. The van der Waals surface area contributed by atoms with Gasteiger partial charge in [-0.05, 0) is 55.8 Å². The first kappa shape index (κ1) is 23.9. The van der Waals surface area contributed by atoms with Crippen molar-refractivity contribution in [3.05, 3.63) is 99.0 Å². The number of amides is 2. The van der Waals surface area contributed by atoms with E-state index in [1.54, 1.807) is 42.5 Å². The van der Waals surface area contributed by atoms with Crippen molar-refractivity contribution < 1.29 is 19.1 Å². The van der Waals surface area contributed by atoms with E-state index in [4.69, 9.17) is 4.74 Å². The number of carbonyl (C=O) groups excluding carboxylic acids is 3. The molecule has 0 aromatic heterocycles. The third-order valence-corrected chi connectivity index (χ3v) is 5.15. The normalized spacial score (nSPS) is 10.6. The number of nitrogens with one attached hydrogen (secondary N) is 2. The van der Waals surface area contributed by atoms with E-state index in [9.17, 15) is 14.4 Å². The summed E-state index contributed by atoms with van der Waals surface area (Å²) in [5, 5.41) is 6.45. The second-order valence-electron chi connectivity index (χ2n) is 7.23. The second-order valence-corrected chi connectivity index (χ2v) is 8.14. The Morgan fingerprint density at radius 3 is 2.45 bits per heavy atom. The molecule has 3 aromatic carbocycles. The molecule has 0 unspecified atom stereocenters. The summed E-state index contributed by atoms with van der Waals surface area (Å²) >= 11 is 3.37. The van der Waals surface area contributed by atoms with E-state index in [0.717, 1.165) is 15.6 Å². The Morgan fingerprint density at radius 1 is 1.00 bits per heavy atom. The lowest BCUT2D eigenvalue weighted by molar-refractivity contribution is -0.120. The molecule has 2 N–H and O–H groups in total. The highest BCUT2D eigenvalue weighted by Crippen LogP contribution is 2.23. The average molecular weight is 508 g/mol. The lowest BCUT2D eigenvalue weighted by Crippen LogP contribution is -2.34. The van der Waals surface area contributed by atoms with Gasteiger partial charge in [0, 0.05) is 15.6 Å². The molecule has 0 spiro atoms. The number of ether oxygens (including phenoxy) is 1. The van der Waals surface area contributed by atoms with Crippen LogP contribution >= 0.6 is 15.9 Å². The Bertz CT molecular complexity index is 1210. The lowest BCUT2D eigenvalue weighted by Gasteiger charge is -2.09. The van der Waals surface area contributed by atoms with Crippen LogP contribution < -0.4 is 15.5 Å². The third kappa shape index (κ3) is 6.85. The number of carbonyl (C=O) groups is 3. The maximum Gasteiger partial charge on any atom is 0.343 e. The number of halogens is 1. The van der Waals surface area contributed by atoms with E-state index >= 15 is 0 Å². The minimum Gasteiger partial charge on any atom is -0.422 e. The highest BCUT2D eigenvalue weighted by atomic mass is 79.9. The number of rotatable bonds is 7. The molecule has 2 amide bonds. The summed E-state index contributed by atoms with van der Waals surface area (Å²) in [6.07, 6.45) is 1.37. The average Bonchev–Trinajstić information content (AvgIpc) is 2.80. The first-order chi connectivity index (χ1) is 15.8. The van der Waals surface area contributed by atoms with Crippen LogP contribution in [-0.4, -0.2) is 30.5 Å². The van der Waals surface area contributed by atoms with E-state index in [1.165, 1.54) is 6.21 Å². The number of benzene rings is 3. The van der Waals surface area contributed by atoms with Crippen molar-refractivity contribution in [3.8, 4) is 5.75 Å². The number of hydrogen-bond donors (Lipinski definition) is 2. The Kier molecular flexibility index (Phi) is 8.10. The molecule has 0 radical (unpaired) electrons. The standard InChI is InChI=1S/C25H22BrN3O4/c1-16-7-9-18(10-8-16)24(31)27-15-23(30)29-28-14-19-13-20(26)11-12-22(19)33-25(32)21-6-4-3-5-17(21)2/h3-14H,15H2,1-2H3,(H,27,31)(H,29,30)/b28-14-. The van der Waals surface area contributed by atoms with E-state index in [-0.39, 0.29) is 18.2 Å². The van der Waals surface area contributed by atoms with Gasteiger partial charge in [-0.25, -0.2) is 10.2 Å². The molecule has 3 aromatic rings. The number of hydrogen-bond acceptors (Lipinski definition) is 5. The smallest absolute Gasteiger partial charge is 0.343 e. The molecule has 0 aliphatic heterocycles. The van der Waals surface area contributed by atoms with Crippen molar-refractivity contribution in [2.75, 3.05) is 6.54 Å². The molecule has 0 saturated carbocycles. The van der Waals surface area contributed by atoms with Crippen LogP contribution in [0.1, 0.15) is 37.4 Å². The first-order valence-corrected chi connectivity index (χ1v) is 10.9. The molecule has 168 valence electrons. The number of hydrazone groups is 1. The monoisotopic (exact) mass is 507 g/mol. The van der Waals surface area contributed by atoms with Gasteiger partial charge in [0.05, 0.1) is 18.3 Å². The van der Waals surface area contributed by atoms with Gasteiger partial charge < -0.3 is 10.1 Å². The van der Waals surface area contributed by atoms with Gasteiger partial charge >= 0.3 is 5.97 Å². The largest absolute Gasteiger partial charge is 0.422 e. The van der Waals surface area contributed by atoms with E-state index in [0.29, 0.717) is 16.7 Å². The minimum atomic E-state index is -0.500. The van der Waals surface area contributed by atoms with Gasteiger partial charge in [-0.2, -0.15) is 5.10 Å². The van der Waals surface area contributed by atoms with E-state index < -0.39 is 11.9 Å². The zero-order chi connectivity index (χ0) is 23.8. The van der Waals surface area contributed by atoms with Crippen LogP contribution in [0.25, 0.3) is 0 Å². The number of esters is 1. The molecule has 0 aliphatic carbocycles. The molecular formula is C25H22BrN3O4. The summed E-state index contributed by atoms with van der Waals surface area (Å²) in [6.45, 7) is 3.51. The summed E-state index contributed by atoms with van der Waals surface area (Å²) < 4.78 is 6.29. The highest BCUT2D eigenvalue weighted by Gasteiger charge is 2.13. The lowest BCUT2D eigenvalue weighted by atomic mass is 10.1. The topological polar surface area (TPSA) is 96.9 Å². The van der Waals surface area contributed by atoms with Gasteiger partial charge in [-0.15, -0.1) is 0 Å². The molecule has 0 saturated heterocycles. The number of aryl methyl sites for hydroxylation is 2. The molecule has 33 heavy (non-hydrogen) atoms. The Labute approximate surface area is 200 Å². The molecule has 0 fully saturated rings. The predicted octanol–water partition coefficient (Wildman–Crippen LogP) is 4.17. The maximum absolute atomic E-state index is 12.6. The number of nitrogens with zero attached hydrogens (tertiary/aromatic N) is 1. The van der Waals surface area contributed by atoms with Crippen molar-refractivity contribution in [1.29, 1.82) is 0 Å².